The van der Waals surface area contributed by atoms with E-state index in [-0.39, 0.29) is 11.9 Å². The van der Waals surface area contributed by atoms with Gasteiger partial charge in [0.25, 0.3) is 5.91 Å². The highest BCUT2D eigenvalue weighted by atomic mass is 32.1. The van der Waals surface area contributed by atoms with Crippen LogP contribution in [-0.4, -0.2) is 30.4 Å². The number of anilines is 2. The number of carbonyl (C=O) groups is 2. The van der Waals surface area contributed by atoms with Crippen LogP contribution in [0.2, 0.25) is 0 Å². The van der Waals surface area contributed by atoms with E-state index in [0.717, 1.165) is 12.8 Å². The molecule has 28 heavy (non-hydrogen) atoms. The Morgan fingerprint density at radius 3 is 2.29 bits per heavy atom. The lowest BCUT2D eigenvalue weighted by Gasteiger charge is -2.16. The highest BCUT2D eigenvalue weighted by Gasteiger charge is 2.15. The lowest BCUT2D eigenvalue weighted by atomic mass is 10.1. The monoisotopic (exact) mass is 393 g/mol. The molecule has 3 amide bonds. The second kappa shape index (κ2) is 9.71. The van der Waals surface area contributed by atoms with Crippen molar-refractivity contribution >= 4 is 34.0 Å². The van der Waals surface area contributed by atoms with Crippen molar-refractivity contribution in [3.05, 3.63) is 83.2 Å². The molecule has 2 aromatic carbocycles. The van der Waals surface area contributed by atoms with E-state index in [2.05, 4.69) is 22.8 Å². The van der Waals surface area contributed by atoms with Crippen molar-refractivity contribution in [3.8, 4) is 0 Å². The molecular formula is C22H23N3O2S. The van der Waals surface area contributed by atoms with Gasteiger partial charge in [0.15, 0.2) is 0 Å². The molecule has 0 saturated carbocycles. The summed E-state index contributed by atoms with van der Waals surface area (Å²) in [5, 5.41) is 6.16. The first kappa shape index (κ1) is 19.6. The van der Waals surface area contributed by atoms with Crippen molar-refractivity contribution in [2.75, 3.05) is 24.2 Å². The van der Waals surface area contributed by atoms with Crippen molar-refractivity contribution in [1.29, 1.82) is 0 Å². The fraction of sp³-hybridized carbons (Fsp3) is 0.182. The van der Waals surface area contributed by atoms with Crippen molar-refractivity contribution in [2.45, 2.75) is 12.8 Å². The Morgan fingerprint density at radius 1 is 0.893 bits per heavy atom. The molecular weight excluding hydrogens is 370 g/mol. The van der Waals surface area contributed by atoms with E-state index in [4.69, 9.17) is 0 Å². The maximum Gasteiger partial charge on any atom is 0.324 e. The molecule has 2 N–H and O–H groups in total. The minimum Gasteiger partial charge on any atom is -0.341 e. The zero-order valence-corrected chi connectivity index (χ0v) is 16.5. The third-order valence-electron chi connectivity index (χ3n) is 4.23. The van der Waals surface area contributed by atoms with Gasteiger partial charge in [-0.2, -0.15) is 0 Å². The molecule has 144 valence electrons. The van der Waals surface area contributed by atoms with Crippen LogP contribution in [-0.2, 0) is 6.42 Å². The number of hydrogen-bond acceptors (Lipinski definition) is 3. The summed E-state index contributed by atoms with van der Waals surface area (Å²) in [6.45, 7) is 0.683. The molecule has 0 unspecified atom stereocenters. The molecule has 0 fully saturated rings. The minimum atomic E-state index is -0.330. The number of amides is 3. The van der Waals surface area contributed by atoms with E-state index in [1.54, 1.807) is 17.0 Å². The summed E-state index contributed by atoms with van der Waals surface area (Å²) in [5.41, 5.74) is 1.99. The third kappa shape index (κ3) is 5.69. The Balaban J connectivity index is 1.48. The Bertz CT molecular complexity index is 910. The van der Waals surface area contributed by atoms with Gasteiger partial charge in [-0.1, -0.05) is 48.5 Å². The van der Waals surface area contributed by atoms with Gasteiger partial charge in [-0.3, -0.25) is 10.1 Å². The standard InChI is InChI=1S/C22H23N3O2S/c1-25(16-8-11-17-9-4-2-5-10-17)21(26)19-14-15-20(28-19)24-22(27)23-18-12-6-3-7-13-18/h2-7,9-10,12-15H,8,11,16H2,1H3,(H2,23,24,27). The number of thiophene rings is 1. The molecule has 0 atom stereocenters. The normalized spacial score (nSPS) is 10.3. The lowest BCUT2D eigenvalue weighted by molar-refractivity contribution is 0.0798. The van der Waals surface area contributed by atoms with E-state index < -0.39 is 0 Å². The second-order valence-corrected chi connectivity index (χ2v) is 7.51. The van der Waals surface area contributed by atoms with Crippen molar-refractivity contribution in [3.63, 3.8) is 0 Å². The van der Waals surface area contributed by atoms with Gasteiger partial charge in [-0.15, -0.1) is 11.3 Å². The molecule has 0 radical (unpaired) electrons. The summed E-state index contributed by atoms with van der Waals surface area (Å²) in [5.74, 6) is -0.0328. The van der Waals surface area contributed by atoms with Crippen LogP contribution < -0.4 is 10.6 Å². The van der Waals surface area contributed by atoms with Gasteiger partial charge in [-0.25, -0.2) is 4.79 Å². The van der Waals surface area contributed by atoms with Gasteiger partial charge in [0.2, 0.25) is 0 Å². The van der Waals surface area contributed by atoms with Crippen LogP contribution in [0.4, 0.5) is 15.5 Å². The first-order valence-electron chi connectivity index (χ1n) is 9.14. The number of para-hydroxylation sites is 1. The van der Waals surface area contributed by atoms with Gasteiger partial charge in [-0.05, 0) is 42.7 Å². The number of aryl methyl sites for hydroxylation is 1. The zero-order chi connectivity index (χ0) is 19.8. The summed E-state index contributed by atoms with van der Waals surface area (Å²) >= 11 is 1.27. The van der Waals surface area contributed by atoms with E-state index in [0.29, 0.717) is 22.1 Å². The van der Waals surface area contributed by atoms with Gasteiger partial charge < -0.3 is 10.2 Å². The van der Waals surface area contributed by atoms with E-state index in [1.165, 1.54) is 16.9 Å². The highest BCUT2D eigenvalue weighted by Crippen LogP contribution is 2.23. The first-order chi connectivity index (χ1) is 13.6. The highest BCUT2D eigenvalue weighted by molar-refractivity contribution is 7.18. The summed E-state index contributed by atoms with van der Waals surface area (Å²) in [4.78, 5) is 27.0. The van der Waals surface area contributed by atoms with E-state index in [9.17, 15) is 9.59 Å². The second-order valence-electron chi connectivity index (χ2n) is 6.42. The van der Waals surface area contributed by atoms with Crippen LogP contribution in [0.5, 0.6) is 0 Å². The molecule has 3 rings (SSSR count). The summed E-state index contributed by atoms with van der Waals surface area (Å²) in [6, 6.07) is 22.6. The average molecular weight is 394 g/mol. The smallest absolute Gasteiger partial charge is 0.324 e. The van der Waals surface area contributed by atoms with Gasteiger partial charge in [0, 0.05) is 19.3 Å². The Kier molecular flexibility index (Phi) is 6.81. The van der Waals surface area contributed by atoms with Crippen LogP contribution in [0, 0.1) is 0 Å². The predicted octanol–water partition coefficient (Wildman–Crippen LogP) is 5.10. The van der Waals surface area contributed by atoms with Crippen LogP contribution in [0.1, 0.15) is 21.7 Å². The van der Waals surface area contributed by atoms with Crippen molar-refractivity contribution in [1.82, 2.24) is 4.90 Å². The van der Waals surface area contributed by atoms with Crippen molar-refractivity contribution in [2.24, 2.45) is 0 Å². The van der Waals surface area contributed by atoms with Crippen LogP contribution in [0.25, 0.3) is 0 Å². The Morgan fingerprint density at radius 2 is 1.57 bits per heavy atom. The minimum absolute atomic E-state index is 0.0328. The van der Waals surface area contributed by atoms with Gasteiger partial charge in [0.05, 0.1) is 9.88 Å². The third-order valence-corrected chi connectivity index (χ3v) is 5.22. The number of benzene rings is 2. The molecule has 1 heterocycles. The molecule has 0 aliphatic rings. The SMILES string of the molecule is CN(CCCc1ccccc1)C(=O)c1ccc(NC(=O)Nc2ccccc2)s1. The lowest BCUT2D eigenvalue weighted by Crippen LogP contribution is -2.27. The fourth-order valence-corrected chi connectivity index (χ4v) is 3.67. The quantitative estimate of drug-likeness (QED) is 0.587. The van der Waals surface area contributed by atoms with Gasteiger partial charge >= 0.3 is 6.03 Å². The topological polar surface area (TPSA) is 61.4 Å². The van der Waals surface area contributed by atoms with Crippen LogP contribution >= 0.6 is 11.3 Å². The van der Waals surface area contributed by atoms with Gasteiger partial charge in [0.1, 0.15) is 0 Å². The molecule has 0 saturated heterocycles. The van der Waals surface area contributed by atoms with E-state index in [1.807, 2.05) is 55.6 Å². The maximum atomic E-state index is 12.6. The first-order valence-corrected chi connectivity index (χ1v) is 9.96. The molecule has 5 nitrogen and oxygen atoms in total. The van der Waals surface area contributed by atoms with Crippen LogP contribution in [0.3, 0.4) is 0 Å². The molecule has 6 heteroatoms. The fourth-order valence-electron chi connectivity index (χ4n) is 2.77. The predicted molar refractivity (Wildman–Crippen MR) is 115 cm³/mol. The Labute approximate surface area is 169 Å². The number of nitrogens with zero attached hydrogens (tertiary/aromatic N) is 1. The number of carbonyl (C=O) groups excluding carboxylic acids is 2. The average Bonchev–Trinajstić information content (AvgIpc) is 3.17. The molecule has 1 aromatic heterocycles. The Hall–Kier alpha value is -3.12. The summed E-state index contributed by atoms with van der Waals surface area (Å²) in [6.07, 6.45) is 1.84. The van der Waals surface area contributed by atoms with E-state index >= 15 is 0 Å². The molecule has 0 spiro atoms. The largest absolute Gasteiger partial charge is 0.341 e. The number of nitrogens with one attached hydrogen (secondary N) is 2. The number of hydrogen-bond donors (Lipinski definition) is 2. The van der Waals surface area contributed by atoms with Crippen LogP contribution in [0.15, 0.2) is 72.8 Å². The zero-order valence-electron chi connectivity index (χ0n) is 15.7. The molecule has 0 aliphatic carbocycles. The summed E-state index contributed by atoms with van der Waals surface area (Å²) in [7, 11) is 1.81. The molecule has 3 aromatic rings. The number of rotatable bonds is 7. The molecule has 0 aliphatic heterocycles. The molecule has 0 bridgehead atoms. The maximum absolute atomic E-state index is 12.6. The number of urea groups is 1. The van der Waals surface area contributed by atoms with Crippen molar-refractivity contribution < 1.29 is 9.59 Å². The summed E-state index contributed by atoms with van der Waals surface area (Å²) < 4.78 is 0.